The lowest BCUT2D eigenvalue weighted by molar-refractivity contribution is 0.316. The Morgan fingerprint density at radius 3 is 2.56 bits per heavy atom. The van der Waals surface area contributed by atoms with Crippen molar-refractivity contribution in [2.75, 3.05) is 18.6 Å². The summed E-state index contributed by atoms with van der Waals surface area (Å²) in [7, 11) is -0.729. The second kappa shape index (κ2) is 6.01. The monoisotopic (exact) mass is 247 g/mol. The average Bonchev–Trinajstić information content (AvgIpc) is 2.55. The first kappa shape index (κ1) is 14.0. The molecular weight excluding hydrogens is 222 g/mol. The number of sulfone groups is 1. The van der Waals surface area contributed by atoms with Gasteiger partial charge in [0.05, 0.1) is 11.5 Å². The van der Waals surface area contributed by atoms with E-state index in [1.165, 1.54) is 12.8 Å². The molecule has 3 nitrogen and oxygen atoms in total. The lowest BCUT2D eigenvalue weighted by atomic mass is 9.89. The maximum absolute atomic E-state index is 11.4. The predicted molar refractivity (Wildman–Crippen MR) is 68.3 cm³/mol. The van der Waals surface area contributed by atoms with E-state index in [-0.39, 0.29) is 0 Å². The van der Waals surface area contributed by atoms with Gasteiger partial charge in [-0.25, -0.2) is 8.42 Å². The highest BCUT2D eigenvalue weighted by molar-refractivity contribution is 7.91. The minimum Gasteiger partial charge on any atom is -0.317 e. The summed E-state index contributed by atoms with van der Waals surface area (Å²) in [6, 6.07) is 0.471. The van der Waals surface area contributed by atoms with Crippen molar-refractivity contribution < 1.29 is 8.42 Å². The molecular formula is C12H25NO2S. The normalized spacial score (nSPS) is 27.8. The Balaban J connectivity index is 2.45. The molecule has 0 radical (unpaired) electrons. The Bertz CT molecular complexity index is 300. The molecule has 0 aliphatic carbocycles. The van der Waals surface area contributed by atoms with Crippen LogP contribution in [0.3, 0.4) is 0 Å². The molecule has 0 amide bonds. The zero-order chi connectivity index (χ0) is 12.2. The topological polar surface area (TPSA) is 46.2 Å². The Hall–Kier alpha value is -0.0900. The van der Waals surface area contributed by atoms with Crippen LogP contribution in [0.5, 0.6) is 0 Å². The van der Waals surface area contributed by atoms with E-state index in [9.17, 15) is 8.42 Å². The summed E-state index contributed by atoms with van der Waals surface area (Å²) in [5, 5.41) is 3.35. The predicted octanol–water partition coefficient (Wildman–Crippen LogP) is 1.84. The van der Waals surface area contributed by atoms with Gasteiger partial charge in [-0.15, -0.1) is 0 Å². The van der Waals surface area contributed by atoms with Crippen molar-refractivity contribution in [3.8, 4) is 0 Å². The third kappa shape index (κ3) is 4.06. The van der Waals surface area contributed by atoms with Crippen LogP contribution in [0.2, 0.25) is 0 Å². The molecule has 1 aliphatic rings. The van der Waals surface area contributed by atoms with E-state index in [1.807, 2.05) is 7.05 Å². The summed E-state index contributed by atoms with van der Waals surface area (Å²) >= 11 is 0. The van der Waals surface area contributed by atoms with E-state index >= 15 is 0 Å². The molecule has 0 bridgehead atoms. The van der Waals surface area contributed by atoms with Crippen LogP contribution in [0.25, 0.3) is 0 Å². The van der Waals surface area contributed by atoms with Gasteiger partial charge in [0.15, 0.2) is 9.84 Å². The van der Waals surface area contributed by atoms with E-state index in [0.29, 0.717) is 29.4 Å². The van der Waals surface area contributed by atoms with Crippen LogP contribution in [0, 0.1) is 11.8 Å². The second-order valence-electron chi connectivity index (χ2n) is 5.17. The highest BCUT2D eigenvalue weighted by Crippen LogP contribution is 2.26. The van der Waals surface area contributed by atoms with Gasteiger partial charge >= 0.3 is 0 Å². The highest BCUT2D eigenvalue weighted by atomic mass is 32.2. The van der Waals surface area contributed by atoms with Crippen LogP contribution in [0.1, 0.15) is 39.5 Å². The smallest absolute Gasteiger partial charge is 0.150 e. The third-order valence-electron chi connectivity index (χ3n) is 3.72. The number of hydrogen-bond acceptors (Lipinski definition) is 3. The van der Waals surface area contributed by atoms with Gasteiger partial charge in [-0.05, 0) is 38.1 Å². The quantitative estimate of drug-likeness (QED) is 0.779. The lowest BCUT2D eigenvalue weighted by Gasteiger charge is -2.25. The van der Waals surface area contributed by atoms with Gasteiger partial charge in [0.1, 0.15) is 0 Å². The average molecular weight is 247 g/mol. The molecule has 0 aromatic carbocycles. The molecule has 96 valence electrons. The van der Waals surface area contributed by atoms with Crippen molar-refractivity contribution in [3.63, 3.8) is 0 Å². The summed E-state index contributed by atoms with van der Waals surface area (Å²) in [4.78, 5) is 0. The van der Waals surface area contributed by atoms with Crippen LogP contribution in [0.15, 0.2) is 0 Å². The Kier molecular flexibility index (Phi) is 5.25. The standard InChI is InChI=1S/C12H25NO2S/c1-4-5-10(2)12(13-3)8-11-6-7-16(14,15)9-11/h10-13H,4-9H2,1-3H3. The van der Waals surface area contributed by atoms with Crippen LogP contribution < -0.4 is 5.32 Å². The van der Waals surface area contributed by atoms with Gasteiger partial charge in [-0.2, -0.15) is 0 Å². The molecule has 1 fully saturated rings. The zero-order valence-electron chi connectivity index (χ0n) is 10.7. The summed E-state index contributed by atoms with van der Waals surface area (Å²) in [6.45, 7) is 4.46. The van der Waals surface area contributed by atoms with Gasteiger partial charge in [0, 0.05) is 6.04 Å². The molecule has 0 spiro atoms. The molecule has 0 aromatic heterocycles. The van der Waals surface area contributed by atoms with Crippen LogP contribution >= 0.6 is 0 Å². The fraction of sp³-hybridized carbons (Fsp3) is 1.00. The SMILES string of the molecule is CCCC(C)C(CC1CCS(=O)(=O)C1)NC. The van der Waals surface area contributed by atoms with E-state index in [2.05, 4.69) is 19.2 Å². The maximum Gasteiger partial charge on any atom is 0.150 e. The second-order valence-corrected chi connectivity index (χ2v) is 7.39. The minimum absolute atomic E-state index is 0.377. The van der Waals surface area contributed by atoms with Crippen molar-refractivity contribution >= 4 is 9.84 Å². The summed E-state index contributed by atoms with van der Waals surface area (Å²) in [5.41, 5.74) is 0. The maximum atomic E-state index is 11.4. The van der Waals surface area contributed by atoms with Crippen LogP contribution in [-0.2, 0) is 9.84 Å². The minimum atomic E-state index is -2.72. The Morgan fingerprint density at radius 1 is 1.44 bits per heavy atom. The highest BCUT2D eigenvalue weighted by Gasteiger charge is 2.30. The van der Waals surface area contributed by atoms with Gasteiger partial charge in [-0.1, -0.05) is 20.3 Å². The van der Waals surface area contributed by atoms with Crippen molar-refractivity contribution in [2.45, 2.75) is 45.6 Å². The van der Waals surface area contributed by atoms with E-state index < -0.39 is 9.84 Å². The molecule has 3 unspecified atom stereocenters. The molecule has 3 atom stereocenters. The van der Waals surface area contributed by atoms with Crippen LogP contribution in [-0.4, -0.2) is 33.0 Å². The number of rotatable bonds is 6. The third-order valence-corrected chi connectivity index (χ3v) is 5.55. The number of hydrogen-bond donors (Lipinski definition) is 1. The Labute approximate surface area is 99.9 Å². The van der Waals surface area contributed by atoms with Crippen molar-refractivity contribution in [3.05, 3.63) is 0 Å². The van der Waals surface area contributed by atoms with Gasteiger partial charge < -0.3 is 5.32 Å². The van der Waals surface area contributed by atoms with Crippen LogP contribution in [0.4, 0.5) is 0 Å². The molecule has 1 heterocycles. The molecule has 1 N–H and O–H groups in total. The molecule has 1 saturated heterocycles. The fourth-order valence-corrected chi connectivity index (χ4v) is 4.59. The first-order valence-electron chi connectivity index (χ1n) is 6.36. The van der Waals surface area contributed by atoms with E-state index in [1.54, 1.807) is 0 Å². The summed E-state index contributed by atoms with van der Waals surface area (Å²) < 4.78 is 22.8. The molecule has 16 heavy (non-hydrogen) atoms. The van der Waals surface area contributed by atoms with E-state index in [0.717, 1.165) is 12.8 Å². The van der Waals surface area contributed by atoms with Crippen molar-refractivity contribution in [1.82, 2.24) is 5.32 Å². The molecule has 0 aromatic rings. The van der Waals surface area contributed by atoms with Crippen molar-refractivity contribution in [2.24, 2.45) is 11.8 Å². The lowest BCUT2D eigenvalue weighted by Crippen LogP contribution is -2.34. The molecule has 1 rings (SSSR count). The van der Waals surface area contributed by atoms with Gasteiger partial charge in [0.2, 0.25) is 0 Å². The molecule has 4 heteroatoms. The summed E-state index contributed by atoms with van der Waals surface area (Å²) in [5.74, 6) is 1.82. The number of nitrogens with one attached hydrogen (secondary N) is 1. The van der Waals surface area contributed by atoms with E-state index in [4.69, 9.17) is 0 Å². The van der Waals surface area contributed by atoms with Crippen molar-refractivity contribution in [1.29, 1.82) is 0 Å². The van der Waals surface area contributed by atoms with Gasteiger partial charge in [-0.3, -0.25) is 0 Å². The summed E-state index contributed by atoms with van der Waals surface area (Å²) in [6.07, 6.45) is 4.28. The van der Waals surface area contributed by atoms with Gasteiger partial charge in [0.25, 0.3) is 0 Å². The first-order chi connectivity index (χ1) is 7.48. The largest absolute Gasteiger partial charge is 0.317 e. The molecule has 1 aliphatic heterocycles. The Morgan fingerprint density at radius 2 is 2.12 bits per heavy atom. The zero-order valence-corrected chi connectivity index (χ0v) is 11.5. The fourth-order valence-electron chi connectivity index (χ4n) is 2.71. The molecule has 0 saturated carbocycles. The first-order valence-corrected chi connectivity index (χ1v) is 8.18.